The van der Waals surface area contributed by atoms with Crippen LogP contribution in [0.15, 0.2) is 0 Å². The van der Waals surface area contributed by atoms with Crippen molar-refractivity contribution in [3.8, 4) is 0 Å². The summed E-state index contributed by atoms with van der Waals surface area (Å²) in [6.07, 6.45) is 2.15. The van der Waals surface area contributed by atoms with Crippen LogP contribution in [0.4, 0.5) is 4.79 Å². The van der Waals surface area contributed by atoms with Crippen LogP contribution in [0.1, 0.15) is 33.6 Å². The minimum absolute atomic E-state index is 0.0440. The zero-order valence-electron chi connectivity index (χ0n) is 12.8. The molecule has 1 fully saturated rings. The van der Waals surface area contributed by atoms with Gasteiger partial charge in [0.05, 0.1) is 12.6 Å². The molecule has 1 aliphatic heterocycles. The number of piperidine rings is 1. The molecule has 0 saturated carbocycles. The highest BCUT2D eigenvalue weighted by Gasteiger charge is 2.25. The number of nitrogens with one attached hydrogen (secondary N) is 1. The number of amides is 2. The first-order valence-electron chi connectivity index (χ1n) is 7.40. The van der Waals surface area contributed by atoms with Crippen LogP contribution in [-0.4, -0.2) is 67.8 Å². The molecule has 1 heterocycles. The van der Waals surface area contributed by atoms with Crippen molar-refractivity contribution >= 4 is 6.03 Å². The van der Waals surface area contributed by atoms with Crippen LogP contribution in [0.5, 0.6) is 0 Å². The Morgan fingerprint density at radius 1 is 1.37 bits per heavy atom. The number of rotatable bonds is 6. The topological polar surface area (TPSA) is 44.8 Å². The maximum absolute atomic E-state index is 12.0. The molecular formula is C14H29N3O2. The van der Waals surface area contributed by atoms with Gasteiger partial charge in [-0.05, 0) is 32.9 Å². The molecule has 1 saturated heterocycles. The average Bonchev–Trinajstić information content (AvgIpc) is 2.41. The van der Waals surface area contributed by atoms with Gasteiger partial charge >= 0.3 is 6.03 Å². The van der Waals surface area contributed by atoms with Gasteiger partial charge in [0.25, 0.3) is 0 Å². The smallest absolute Gasteiger partial charge is 0.317 e. The second-order valence-electron chi connectivity index (χ2n) is 5.25. The summed E-state index contributed by atoms with van der Waals surface area (Å²) >= 11 is 0. The summed E-state index contributed by atoms with van der Waals surface area (Å²) < 4.78 is 5.03. The van der Waals surface area contributed by atoms with E-state index in [1.807, 2.05) is 11.8 Å². The zero-order valence-corrected chi connectivity index (χ0v) is 12.8. The van der Waals surface area contributed by atoms with E-state index in [9.17, 15) is 4.79 Å². The van der Waals surface area contributed by atoms with E-state index in [0.29, 0.717) is 12.6 Å². The van der Waals surface area contributed by atoms with Gasteiger partial charge in [-0.1, -0.05) is 13.8 Å². The van der Waals surface area contributed by atoms with Gasteiger partial charge in [-0.25, -0.2) is 4.79 Å². The number of carbonyl (C=O) groups excluding carboxylic acids is 1. The van der Waals surface area contributed by atoms with Crippen molar-refractivity contribution in [3.05, 3.63) is 0 Å². The van der Waals surface area contributed by atoms with Crippen LogP contribution < -0.4 is 5.32 Å². The van der Waals surface area contributed by atoms with Crippen molar-refractivity contribution < 1.29 is 9.53 Å². The number of likely N-dealkylation sites (tertiary alicyclic amines) is 1. The van der Waals surface area contributed by atoms with E-state index in [1.165, 1.54) is 0 Å². The lowest BCUT2D eigenvalue weighted by molar-refractivity contribution is 0.119. The van der Waals surface area contributed by atoms with Gasteiger partial charge < -0.3 is 19.9 Å². The Morgan fingerprint density at radius 3 is 2.42 bits per heavy atom. The number of hydrogen-bond donors (Lipinski definition) is 1. The summed E-state index contributed by atoms with van der Waals surface area (Å²) in [5.74, 6) is 0. The molecule has 0 unspecified atom stereocenters. The Kier molecular flexibility index (Phi) is 7.16. The van der Waals surface area contributed by atoms with E-state index in [4.69, 9.17) is 4.74 Å². The lowest BCUT2D eigenvalue weighted by atomic mass is 10.0. The molecule has 0 radical (unpaired) electrons. The van der Waals surface area contributed by atoms with Crippen LogP contribution in [0.3, 0.4) is 0 Å². The molecule has 5 nitrogen and oxygen atoms in total. The normalized spacial score (nSPS) is 18.7. The van der Waals surface area contributed by atoms with Gasteiger partial charge in [0, 0.05) is 26.2 Å². The second kappa shape index (κ2) is 8.38. The van der Waals surface area contributed by atoms with Crippen molar-refractivity contribution in [3.63, 3.8) is 0 Å². The Bertz CT molecular complexity index is 261. The molecule has 1 atom stereocenters. The predicted octanol–water partition coefficient (Wildman–Crippen LogP) is 1.54. The fourth-order valence-corrected chi connectivity index (χ4v) is 2.77. The quantitative estimate of drug-likeness (QED) is 0.797. The number of urea groups is 1. The van der Waals surface area contributed by atoms with Crippen LogP contribution in [0.25, 0.3) is 0 Å². The largest absolute Gasteiger partial charge is 0.383 e. The molecule has 0 aliphatic carbocycles. The van der Waals surface area contributed by atoms with Crippen molar-refractivity contribution in [2.24, 2.45) is 0 Å². The van der Waals surface area contributed by atoms with E-state index in [2.05, 4.69) is 24.1 Å². The van der Waals surface area contributed by atoms with Crippen molar-refractivity contribution in [2.75, 3.05) is 39.9 Å². The predicted molar refractivity (Wildman–Crippen MR) is 77.4 cm³/mol. The van der Waals surface area contributed by atoms with Crippen LogP contribution in [0.2, 0.25) is 0 Å². The molecule has 5 heteroatoms. The molecule has 112 valence electrons. The molecule has 2 amide bonds. The SMILES string of the molecule is CCN(CC)C1CCN(C(=O)N[C@@H](C)COC)CC1. The molecule has 0 aromatic rings. The standard InChI is InChI=1S/C14H29N3O2/c1-5-16(6-2)13-7-9-17(10-8-13)14(18)15-12(3)11-19-4/h12-13H,5-11H2,1-4H3,(H,15,18)/t12-/m0/s1. The van der Waals surface area contributed by atoms with Crippen molar-refractivity contribution in [2.45, 2.75) is 45.7 Å². The Balaban J connectivity index is 2.34. The molecule has 0 spiro atoms. The van der Waals surface area contributed by atoms with E-state index < -0.39 is 0 Å². The second-order valence-corrected chi connectivity index (χ2v) is 5.25. The first-order chi connectivity index (χ1) is 9.12. The minimum atomic E-state index is 0.0440. The maximum Gasteiger partial charge on any atom is 0.317 e. The molecule has 1 rings (SSSR count). The van der Waals surface area contributed by atoms with Gasteiger partial charge in [-0.2, -0.15) is 0 Å². The third kappa shape index (κ3) is 4.99. The van der Waals surface area contributed by atoms with Gasteiger partial charge in [0.15, 0.2) is 0 Å². The molecule has 1 N–H and O–H groups in total. The zero-order chi connectivity index (χ0) is 14.3. The van der Waals surface area contributed by atoms with Crippen molar-refractivity contribution in [1.29, 1.82) is 0 Å². The fourth-order valence-electron chi connectivity index (χ4n) is 2.77. The highest BCUT2D eigenvalue weighted by Crippen LogP contribution is 2.16. The van der Waals surface area contributed by atoms with Gasteiger partial charge in [-0.15, -0.1) is 0 Å². The molecule has 0 aromatic carbocycles. The van der Waals surface area contributed by atoms with E-state index in [0.717, 1.165) is 39.0 Å². The first kappa shape index (κ1) is 16.2. The summed E-state index contributed by atoms with van der Waals surface area (Å²) in [5, 5.41) is 2.97. The van der Waals surface area contributed by atoms with E-state index >= 15 is 0 Å². The lowest BCUT2D eigenvalue weighted by Gasteiger charge is -2.38. The Hall–Kier alpha value is -0.810. The van der Waals surface area contributed by atoms with E-state index in [1.54, 1.807) is 7.11 Å². The van der Waals surface area contributed by atoms with Gasteiger partial charge in [-0.3, -0.25) is 0 Å². The summed E-state index contributed by atoms with van der Waals surface area (Å²) in [5.41, 5.74) is 0. The first-order valence-corrected chi connectivity index (χ1v) is 7.40. The summed E-state index contributed by atoms with van der Waals surface area (Å²) in [4.78, 5) is 16.5. The average molecular weight is 271 g/mol. The lowest BCUT2D eigenvalue weighted by Crippen LogP contribution is -2.51. The monoisotopic (exact) mass is 271 g/mol. The minimum Gasteiger partial charge on any atom is -0.383 e. The Morgan fingerprint density at radius 2 is 1.95 bits per heavy atom. The summed E-state index contributed by atoms with van der Waals surface area (Å²) in [7, 11) is 1.65. The van der Waals surface area contributed by atoms with Crippen LogP contribution in [-0.2, 0) is 4.74 Å². The molecule has 0 aromatic heterocycles. The van der Waals surface area contributed by atoms with E-state index in [-0.39, 0.29) is 12.1 Å². The Labute approximate surface area is 117 Å². The number of nitrogens with zero attached hydrogens (tertiary/aromatic N) is 2. The third-order valence-corrected chi connectivity index (χ3v) is 3.87. The van der Waals surface area contributed by atoms with Gasteiger partial charge in [0.1, 0.15) is 0 Å². The summed E-state index contributed by atoms with van der Waals surface area (Å²) in [6, 6.07) is 0.746. The van der Waals surface area contributed by atoms with Crippen LogP contribution >= 0.6 is 0 Å². The summed E-state index contributed by atoms with van der Waals surface area (Å²) in [6.45, 7) is 10.8. The third-order valence-electron chi connectivity index (χ3n) is 3.87. The van der Waals surface area contributed by atoms with Gasteiger partial charge in [0.2, 0.25) is 0 Å². The molecule has 0 bridgehead atoms. The maximum atomic E-state index is 12.0. The fraction of sp³-hybridized carbons (Fsp3) is 0.929. The number of methoxy groups -OCH3 is 1. The molecule has 19 heavy (non-hydrogen) atoms. The number of carbonyl (C=O) groups is 1. The van der Waals surface area contributed by atoms with Crippen molar-refractivity contribution in [1.82, 2.24) is 15.1 Å². The van der Waals surface area contributed by atoms with Crippen LogP contribution in [0, 0.1) is 0 Å². The highest BCUT2D eigenvalue weighted by molar-refractivity contribution is 5.74. The molecular weight excluding hydrogens is 242 g/mol. The number of hydrogen-bond acceptors (Lipinski definition) is 3. The number of ether oxygens (including phenoxy) is 1. The molecule has 1 aliphatic rings. The highest BCUT2D eigenvalue weighted by atomic mass is 16.5.